The summed E-state index contributed by atoms with van der Waals surface area (Å²) in [6.07, 6.45) is 6.85. The molecule has 2 fully saturated rings. The van der Waals surface area contributed by atoms with Crippen LogP contribution in [0.25, 0.3) is 0 Å². The Labute approximate surface area is 188 Å². The summed E-state index contributed by atoms with van der Waals surface area (Å²) in [5.74, 6) is 0.0765. The molecule has 0 spiro atoms. The number of anilines is 1. The Morgan fingerprint density at radius 3 is 2.52 bits per heavy atom. The highest BCUT2D eigenvalue weighted by molar-refractivity contribution is 8.00. The lowest BCUT2D eigenvalue weighted by atomic mass is 10.1. The normalized spacial score (nSPS) is 19.4. The average molecular weight is 445 g/mol. The molecule has 0 saturated carbocycles. The van der Waals surface area contributed by atoms with Crippen LogP contribution < -0.4 is 10.2 Å². The molecule has 7 nitrogen and oxygen atoms in total. The Balaban J connectivity index is 1.34. The van der Waals surface area contributed by atoms with Crippen LogP contribution in [0.4, 0.5) is 5.69 Å². The largest absolute Gasteiger partial charge is 0.355 e. The van der Waals surface area contributed by atoms with Crippen LogP contribution in [0.15, 0.2) is 23.1 Å². The van der Waals surface area contributed by atoms with E-state index >= 15 is 0 Å². The lowest BCUT2D eigenvalue weighted by molar-refractivity contribution is -0.123. The van der Waals surface area contributed by atoms with Crippen molar-refractivity contribution in [3.05, 3.63) is 23.8 Å². The molecule has 3 aliphatic rings. The third-order valence-electron chi connectivity index (χ3n) is 6.27. The van der Waals surface area contributed by atoms with Gasteiger partial charge in [0.1, 0.15) is 6.54 Å². The highest BCUT2D eigenvalue weighted by Crippen LogP contribution is 2.36. The zero-order valence-corrected chi connectivity index (χ0v) is 18.9. The van der Waals surface area contributed by atoms with Gasteiger partial charge in [0, 0.05) is 30.1 Å². The summed E-state index contributed by atoms with van der Waals surface area (Å²) in [6, 6.07) is 5.52. The van der Waals surface area contributed by atoms with E-state index in [1.165, 1.54) is 35.9 Å². The van der Waals surface area contributed by atoms with Gasteiger partial charge in [-0.3, -0.25) is 14.4 Å². The SMILES string of the molecule is O=C(CN1C(=O)CSc2ccc(C(=O)N3CCCC3)cc21)NCCCN1CCCCC1. The van der Waals surface area contributed by atoms with E-state index in [0.29, 0.717) is 23.5 Å². The van der Waals surface area contributed by atoms with Crippen molar-refractivity contribution in [3.8, 4) is 0 Å². The maximum absolute atomic E-state index is 12.8. The van der Waals surface area contributed by atoms with Gasteiger partial charge in [0.05, 0.1) is 11.4 Å². The van der Waals surface area contributed by atoms with Crippen LogP contribution in [0.1, 0.15) is 48.9 Å². The van der Waals surface area contributed by atoms with Crippen molar-refractivity contribution in [1.29, 1.82) is 0 Å². The molecular formula is C23H32N4O3S. The number of thioether (sulfide) groups is 1. The summed E-state index contributed by atoms with van der Waals surface area (Å²) in [5.41, 5.74) is 1.26. The number of likely N-dealkylation sites (tertiary alicyclic amines) is 2. The minimum Gasteiger partial charge on any atom is -0.355 e. The van der Waals surface area contributed by atoms with Crippen molar-refractivity contribution in [2.24, 2.45) is 0 Å². The highest BCUT2D eigenvalue weighted by atomic mass is 32.2. The molecule has 1 aromatic carbocycles. The molecule has 0 unspecified atom stereocenters. The Morgan fingerprint density at radius 2 is 1.74 bits per heavy atom. The van der Waals surface area contributed by atoms with E-state index in [0.717, 1.165) is 56.9 Å². The molecule has 0 atom stereocenters. The summed E-state index contributed by atoms with van der Waals surface area (Å²) in [4.78, 5) is 44.7. The maximum Gasteiger partial charge on any atom is 0.253 e. The van der Waals surface area contributed by atoms with Gasteiger partial charge in [0.25, 0.3) is 5.91 Å². The van der Waals surface area contributed by atoms with Gasteiger partial charge in [0.2, 0.25) is 11.8 Å². The van der Waals surface area contributed by atoms with Crippen LogP contribution in [-0.2, 0) is 9.59 Å². The van der Waals surface area contributed by atoms with Gasteiger partial charge in [-0.15, -0.1) is 11.8 Å². The molecule has 168 valence electrons. The Morgan fingerprint density at radius 1 is 1.00 bits per heavy atom. The minimum absolute atomic E-state index is 0.00251. The van der Waals surface area contributed by atoms with E-state index in [4.69, 9.17) is 0 Å². The van der Waals surface area contributed by atoms with Crippen LogP contribution in [-0.4, -0.2) is 79.1 Å². The summed E-state index contributed by atoms with van der Waals surface area (Å²) in [7, 11) is 0. The van der Waals surface area contributed by atoms with Gasteiger partial charge in [-0.2, -0.15) is 0 Å². The number of carbonyl (C=O) groups is 3. The molecule has 2 saturated heterocycles. The fraction of sp³-hybridized carbons (Fsp3) is 0.609. The molecule has 0 bridgehead atoms. The number of piperidine rings is 1. The van der Waals surface area contributed by atoms with E-state index in [2.05, 4.69) is 10.2 Å². The van der Waals surface area contributed by atoms with Crippen LogP contribution in [0, 0.1) is 0 Å². The highest BCUT2D eigenvalue weighted by Gasteiger charge is 2.28. The van der Waals surface area contributed by atoms with E-state index in [1.54, 1.807) is 6.07 Å². The first-order chi connectivity index (χ1) is 15.1. The predicted octanol–water partition coefficient (Wildman–Crippen LogP) is 2.35. The fourth-order valence-corrected chi connectivity index (χ4v) is 5.44. The monoisotopic (exact) mass is 444 g/mol. The standard InChI is InChI=1S/C23H32N4O3S/c28-21(24-9-6-12-25-10-2-1-3-11-25)16-27-19-15-18(23(30)26-13-4-5-14-26)7-8-20(19)31-17-22(27)29/h7-8,15H,1-6,9-14,16-17H2,(H,24,28). The van der Waals surface area contributed by atoms with E-state index in [1.807, 2.05) is 17.0 Å². The summed E-state index contributed by atoms with van der Waals surface area (Å²) in [6.45, 7) is 5.50. The predicted molar refractivity (Wildman–Crippen MR) is 123 cm³/mol. The van der Waals surface area contributed by atoms with Crippen molar-refractivity contribution in [2.45, 2.75) is 43.4 Å². The number of carbonyl (C=O) groups excluding carboxylic acids is 3. The first kappa shape index (κ1) is 22.1. The van der Waals surface area contributed by atoms with Crippen molar-refractivity contribution >= 4 is 35.2 Å². The second-order valence-electron chi connectivity index (χ2n) is 8.56. The van der Waals surface area contributed by atoms with E-state index in [-0.39, 0.29) is 24.3 Å². The first-order valence-electron chi connectivity index (χ1n) is 11.5. The fourth-order valence-electron chi connectivity index (χ4n) is 4.52. The number of nitrogens with one attached hydrogen (secondary N) is 1. The topological polar surface area (TPSA) is 73.0 Å². The molecule has 1 aromatic rings. The molecule has 31 heavy (non-hydrogen) atoms. The second kappa shape index (κ2) is 10.5. The molecule has 0 aliphatic carbocycles. The number of benzene rings is 1. The molecule has 3 amide bonds. The first-order valence-corrected chi connectivity index (χ1v) is 12.5. The Kier molecular flexibility index (Phi) is 7.50. The third kappa shape index (κ3) is 5.60. The zero-order chi connectivity index (χ0) is 21.6. The molecule has 4 rings (SSSR count). The maximum atomic E-state index is 12.8. The van der Waals surface area contributed by atoms with Crippen LogP contribution in [0.2, 0.25) is 0 Å². The van der Waals surface area contributed by atoms with Crippen molar-refractivity contribution in [1.82, 2.24) is 15.1 Å². The van der Waals surface area contributed by atoms with Gasteiger partial charge in [-0.05, 0) is 69.9 Å². The van der Waals surface area contributed by atoms with Crippen molar-refractivity contribution in [2.75, 3.05) is 56.5 Å². The van der Waals surface area contributed by atoms with Crippen LogP contribution in [0.5, 0.6) is 0 Å². The number of hydrogen-bond acceptors (Lipinski definition) is 5. The lowest BCUT2D eigenvalue weighted by Crippen LogP contribution is -2.44. The Bertz CT molecular complexity index is 819. The van der Waals surface area contributed by atoms with Gasteiger partial charge < -0.3 is 20.0 Å². The molecule has 0 radical (unpaired) electrons. The molecule has 3 heterocycles. The summed E-state index contributed by atoms with van der Waals surface area (Å²) in [5, 5.41) is 2.96. The average Bonchev–Trinajstić information content (AvgIpc) is 3.33. The van der Waals surface area contributed by atoms with Crippen LogP contribution in [0.3, 0.4) is 0 Å². The van der Waals surface area contributed by atoms with Gasteiger partial charge >= 0.3 is 0 Å². The Hall–Kier alpha value is -2.06. The number of amides is 3. The summed E-state index contributed by atoms with van der Waals surface area (Å²) < 4.78 is 0. The van der Waals surface area contributed by atoms with E-state index < -0.39 is 0 Å². The number of nitrogens with zero attached hydrogens (tertiary/aromatic N) is 3. The zero-order valence-electron chi connectivity index (χ0n) is 18.1. The number of fused-ring (bicyclic) bond motifs is 1. The van der Waals surface area contributed by atoms with Gasteiger partial charge in [-0.25, -0.2) is 0 Å². The summed E-state index contributed by atoms with van der Waals surface area (Å²) >= 11 is 1.46. The number of hydrogen-bond donors (Lipinski definition) is 1. The molecule has 1 N–H and O–H groups in total. The van der Waals surface area contributed by atoms with Gasteiger partial charge in [-0.1, -0.05) is 6.42 Å². The quantitative estimate of drug-likeness (QED) is 0.654. The van der Waals surface area contributed by atoms with Crippen molar-refractivity contribution in [3.63, 3.8) is 0 Å². The molecule has 0 aromatic heterocycles. The van der Waals surface area contributed by atoms with Gasteiger partial charge in [0.15, 0.2) is 0 Å². The number of rotatable bonds is 7. The van der Waals surface area contributed by atoms with E-state index in [9.17, 15) is 14.4 Å². The van der Waals surface area contributed by atoms with Crippen molar-refractivity contribution < 1.29 is 14.4 Å². The lowest BCUT2D eigenvalue weighted by Gasteiger charge is -2.29. The minimum atomic E-state index is -0.152. The molecule has 3 aliphatic heterocycles. The third-order valence-corrected chi connectivity index (χ3v) is 7.31. The second-order valence-corrected chi connectivity index (χ2v) is 9.57. The molecule has 8 heteroatoms. The molecular weight excluding hydrogens is 412 g/mol. The smallest absolute Gasteiger partial charge is 0.253 e. The van der Waals surface area contributed by atoms with Crippen LogP contribution >= 0.6 is 11.8 Å².